The topological polar surface area (TPSA) is 39.1 Å². The molecule has 0 saturated carbocycles. The lowest BCUT2D eigenvalue weighted by molar-refractivity contribution is 0.484. The molecule has 0 radical (unpaired) electrons. The summed E-state index contributed by atoms with van der Waals surface area (Å²) in [6.07, 6.45) is 0. The van der Waals surface area contributed by atoms with Gasteiger partial charge in [-0.05, 0) is 25.1 Å². The van der Waals surface area contributed by atoms with Crippen molar-refractivity contribution >= 4 is 17.3 Å². The Morgan fingerprint density at radius 3 is 3.06 bits per heavy atom. The molecule has 84 valence electrons. The molecule has 0 unspecified atom stereocenters. The third-order valence-corrected chi connectivity index (χ3v) is 3.02. The molecule has 2 rings (SSSR count). The standard InChI is InChI=1S/C12H14ClN3/c1-9-8-16(5-4-15-9)12-3-2-11(13)6-10(12)7-14/h2-3,6,9,15H,4-5,8H2,1H3/t9-/m0/s1. The Kier molecular flexibility index (Phi) is 3.33. The summed E-state index contributed by atoms with van der Waals surface area (Å²) in [7, 11) is 0. The molecule has 16 heavy (non-hydrogen) atoms. The predicted molar refractivity (Wildman–Crippen MR) is 65.8 cm³/mol. The van der Waals surface area contributed by atoms with Gasteiger partial charge < -0.3 is 10.2 Å². The first-order valence-electron chi connectivity index (χ1n) is 5.38. The first kappa shape index (κ1) is 11.3. The van der Waals surface area contributed by atoms with Crippen LogP contribution in [0.1, 0.15) is 12.5 Å². The zero-order valence-corrected chi connectivity index (χ0v) is 9.96. The molecule has 1 saturated heterocycles. The van der Waals surface area contributed by atoms with Gasteiger partial charge in [0.1, 0.15) is 6.07 Å². The second-order valence-electron chi connectivity index (χ2n) is 4.07. The van der Waals surface area contributed by atoms with Gasteiger partial charge in [0.15, 0.2) is 0 Å². The first-order chi connectivity index (χ1) is 7.70. The van der Waals surface area contributed by atoms with Gasteiger partial charge in [-0.15, -0.1) is 0 Å². The zero-order valence-electron chi connectivity index (χ0n) is 9.20. The van der Waals surface area contributed by atoms with E-state index >= 15 is 0 Å². The van der Waals surface area contributed by atoms with E-state index < -0.39 is 0 Å². The van der Waals surface area contributed by atoms with Crippen LogP contribution in [-0.4, -0.2) is 25.7 Å². The average molecular weight is 236 g/mol. The lowest BCUT2D eigenvalue weighted by atomic mass is 10.1. The third kappa shape index (κ3) is 2.29. The highest BCUT2D eigenvalue weighted by Crippen LogP contribution is 2.24. The highest BCUT2D eigenvalue weighted by molar-refractivity contribution is 6.30. The molecule has 1 aromatic rings. The van der Waals surface area contributed by atoms with E-state index in [1.165, 1.54) is 0 Å². The van der Waals surface area contributed by atoms with Gasteiger partial charge >= 0.3 is 0 Å². The van der Waals surface area contributed by atoms with Crippen LogP contribution in [0.3, 0.4) is 0 Å². The number of piperazine rings is 1. The predicted octanol–water partition coefficient (Wildman–Crippen LogP) is 2.01. The molecule has 4 heteroatoms. The highest BCUT2D eigenvalue weighted by Gasteiger charge is 2.18. The summed E-state index contributed by atoms with van der Waals surface area (Å²) in [4.78, 5) is 2.23. The number of nitriles is 1. The summed E-state index contributed by atoms with van der Waals surface area (Å²) in [6.45, 7) is 4.96. The second kappa shape index (κ2) is 4.73. The summed E-state index contributed by atoms with van der Waals surface area (Å²) in [5.41, 5.74) is 1.64. The number of hydrogen-bond acceptors (Lipinski definition) is 3. The maximum absolute atomic E-state index is 9.09. The second-order valence-corrected chi connectivity index (χ2v) is 4.51. The number of nitrogens with zero attached hydrogens (tertiary/aromatic N) is 2. The summed E-state index contributed by atoms with van der Waals surface area (Å²) < 4.78 is 0. The Morgan fingerprint density at radius 2 is 2.38 bits per heavy atom. The van der Waals surface area contributed by atoms with Crippen molar-refractivity contribution < 1.29 is 0 Å². The summed E-state index contributed by atoms with van der Waals surface area (Å²) in [5, 5.41) is 13.1. The van der Waals surface area contributed by atoms with Crippen LogP contribution in [0.25, 0.3) is 0 Å². The van der Waals surface area contributed by atoms with Gasteiger partial charge in [0.25, 0.3) is 0 Å². The molecule has 0 amide bonds. The van der Waals surface area contributed by atoms with E-state index in [0.29, 0.717) is 16.6 Å². The Balaban J connectivity index is 2.29. The van der Waals surface area contributed by atoms with Gasteiger partial charge in [0, 0.05) is 30.7 Å². The van der Waals surface area contributed by atoms with Crippen LogP contribution in [0.15, 0.2) is 18.2 Å². The fourth-order valence-electron chi connectivity index (χ4n) is 2.02. The molecule has 1 aliphatic rings. The minimum Gasteiger partial charge on any atom is -0.368 e. The van der Waals surface area contributed by atoms with Crippen LogP contribution < -0.4 is 10.2 Å². The smallest absolute Gasteiger partial charge is 0.101 e. The number of halogens is 1. The molecule has 0 spiro atoms. The number of rotatable bonds is 1. The largest absolute Gasteiger partial charge is 0.368 e. The molecule has 0 bridgehead atoms. The van der Waals surface area contributed by atoms with Crippen molar-refractivity contribution in [1.29, 1.82) is 5.26 Å². The van der Waals surface area contributed by atoms with E-state index in [0.717, 1.165) is 25.3 Å². The molecule has 0 aromatic heterocycles. The Hall–Kier alpha value is -1.24. The van der Waals surface area contributed by atoms with E-state index in [4.69, 9.17) is 16.9 Å². The fraction of sp³-hybridized carbons (Fsp3) is 0.417. The molecule has 1 atom stereocenters. The summed E-state index contributed by atoms with van der Waals surface area (Å²) >= 11 is 5.88. The van der Waals surface area contributed by atoms with E-state index in [9.17, 15) is 0 Å². The van der Waals surface area contributed by atoms with Crippen LogP contribution in [0.5, 0.6) is 0 Å². The maximum atomic E-state index is 9.09. The highest BCUT2D eigenvalue weighted by atomic mass is 35.5. The van der Waals surface area contributed by atoms with E-state index in [2.05, 4.69) is 23.2 Å². The molecule has 0 aliphatic carbocycles. The summed E-state index contributed by atoms with van der Waals surface area (Å²) in [5.74, 6) is 0. The first-order valence-corrected chi connectivity index (χ1v) is 5.76. The van der Waals surface area contributed by atoms with Gasteiger partial charge in [-0.3, -0.25) is 0 Å². The average Bonchev–Trinajstić information content (AvgIpc) is 2.28. The molecule has 3 nitrogen and oxygen atoms in total. The lowest BCUT2D eigenvalue weighted by Gasteiger charge is -2.34. The van der Waals surface area contributed by atoms with Crippen molar-refractivity contribution in [3.05, 3.63) is 28.8 Å². The molecule has 1 aromatic carbocycles. The van der Waals surface area contributed by atoms with Crippen molar-refractivity contribution in [2.24, 2.45) is 0 Å². The number of nitrogens with one attached hydrogen (secondary N) is 1. The van der Waals surface area contributed by atoms with Crippen molar-refractivity contribution in [3.63, 3.8) is 0 Å². The molecule has 1 N–H and O–H groups in total. The minimum absolute atomic E-state index is 0.455. The number of anilines is 1. The van der Waals surface area contributed by atoms with Crippen LogP contribution in [0, 0.1) is 11.3 Å². The Bertz CT molecular complexity index is 425. The zero-order chi connectivity index (χ0) is 11.5. The molecular weight excluding hydrogens is 222 g/mol. The van der Waals surface area contributed by atoms with E-state index in [1.54, 1.807) is 6.07 Å². The summed E-state index contributed by atoms with van der Waals surface area (Å²) in [6, 6.07) is 8.15. The third-order valence-electron chi connectivity index (χ3n) is 2.79. The molecule has 1 heterocycles. The number of benzene rings is 1. The molecule has 1 aliphatic heterocycles. The van der Waals surface area contributed by atoms with Gasteiger partial charge in [0.2, 0.25) is 0 Å². The van der Waals surface area contributed by atoms with Crippen LogP contribution in [0.4, 0.5) is 5.69 Å². The quantitative estimate of drug-likeness (QED) is 0.810. The van der Waals surface area contributed by atoms with Crippen molar-refractivity contribution in [2.75, 3.05) is 24.5 Å². The van der Waals surface area contributed by atoms with E-state index in [1.807, 2.05) is 12.1 Å². The SMILES string of the molecule is C[C@H]1CN(c2ccc(Cl)cc2C#N)CCN1. The maximum Gasteiger partial charge on any atom is 0.101 e. The monoisotopic (exact) mass is 235 g/mol. The van der Waals surface area contributed by atoms with Gasteiger partial charge in [0.05, 0.1) is 11.3 Å². The van der Waals surface area contributed by atoms with Crippen molar-refractivity contribution in [2.45, 2.75) is 13.0 Å². The fourth-order valence-corrected chi connectivity index (χ4v) is 2.20. The van der Waals surface area contributed by atoms with Crippen LogP contribution in [-0.2, 0) is 0 Å². The van der Waals surface area contributed by atoms with Gasteiger partial charge in [-0.1, -0.05) is 11.6 Å². The Labute approximate surface area is 101 Å². The normalized spacial score (nSPS) is 20.6. The van der Waals surface area contributed by atoms with Crippen molar-refractivity contribution in [3.8, 4) is 6.07 Å². The minimum atomic E-state index is 0.455. The van der Waals surface area contributed by atoms with Gasteiger partial charge in [-0.2, -0.15) is 5.26 Å². The van der Waals surface area contributed by atoms with E-state index in [-0.39, 0.29) is 0 Å². The Morgan fingerprint density at radius 1 is 1.56 bits per heavy atom. The van der Waals surface area contributed by atoms with Crippen LogP contribution in [0.2, 0.25) is 5.02 Å². The molecular formula is C12H14ClN3. The van der Waals surface area contributed by atoms with Crippen LogP contribution >= 0.6 is 11.6 Å². The number of hydrogen-bond donors (Lipinski definition) is 1. The molecule has 1 fully saturated rings. The van der Waals surface area contributed by atoms with Crippen molar-refractivity contribution in [1.82, 2.24) is 5.32 Å². The van der Waals surface area contributed by atoms with Gasteiger partial charge in [-0.25, -0.2) is 0 Å². The lowest BCUT2D eigenvalue weighted by Crippen LogP contribution is -2.49.